The summed E-state index contributed by atoms with van der Waals surface area (Å²) in [6.45, 7) is 0.274. The predicted octanol–water partition coefficient (Wildman–Crippen LogP) is 2.70. The molecule has 5 heteroatoms. The first-order chi connectivity index (χ1) is 8.69. The van der Waals surface area contributed by atoms with E-state index in [0.29, 0.717) is 23.5 Å². The largest absolute Gasteiger partial charge is 0.497 e. The van der Waals surface area contributed by atoms with Crippen LogP contribution in [0.15, 0.2) is 24.3 Å². The lowest BCUT2D eigenvalue weighted by Gasteiger charge is -2.09. The molecule has 1 aromatic rings. The maximum absolute atomic E-state index is 12.9. The minimum atomic E-state index is -0.764. The number of alkyl halides is 1. The van der Waals surface area contributed by atoms with Gasteiger partial charge in [-0.25, -0.2) is 9.18 Å². The number of carbonyl (C=O) groups is 1. The Kier molecular flexibility index (Phi) is 4.47. The van der Waals surface area contributed by atoms with Gasteiger partial charge in [-0.1, -0.05) is 0 Å². The van der Waals surface area contributed by atoms with Crippen LogP contribution in [-0.4, -0.2) is 36.9 Å². The fraction of sp³-hybridized carbons (Fsp3) is 0.462. The van der Waals surface area contributed by atoms with E-state index >= 15 is 0 Å². The van der Waals surface area contributed by atoms with Crippen LogP contribution in [0.3, 0.4) is 0 Å². The summed E-state index contributed by atoms with van der Waals surface area (Å²) in [5, 5.41) is 0.0854. The van der Waals surface area contributed by atoms with E-state index in [2.05, 4.69) is 0 Å². The van der Waals surface area contributed by atoms with Crippen LogP contribution in [0, 0.1) is 0 Å². The molecule has 18 heavy (non-hydrogen) atoms. The zero-order valence-corrected chi connectivity index (χ0v) is 10.9. The standard InChI is InChI=1S/C13H15FO3S/c1-16-11-4-2-9(3-5-11)13(15)17-7-12-6-10(14)8-18-12/h2-5,10,12H,6-8H2,1H3/t10-,12-/m0/s1. The minimum Gasteiger partial charge on any atom is -0.497 e. The number of hydrogen-bond donors (Lipinski definition) is 0. The molecule has 3 nitrogen and oxygen atoms in total. The van der Waals surface area contributed by atoms with Crippen molar-refractivity contribution < 1.29 is 18.7 Å². The molecule has 0 spiro atoms. The van der Waals surface area contributed by atoms with E-state index in [-0.39, 0.29) is 17.8 Å². The van der Waals surface area contributed by atoms with E-state index < -0.39 is 6.17 Å². The Hall–Kier alpha value is -1.23. The molecule has 0 N–H and O–H groups in total. The van der Waals surface area contributed by atoms with E-state index in [1.54, 1.807) is 31.4 Å². The van der Waals surface area contributed by atoms with Crippen molar-refractivity contribution in [3.05, 3.63) is 29.8 Å². The normalized spacial score (nSPS) is 22.8. The van der Waals surface area contributed by atoms with Gasteiger partial charge in [-0.2, -0.15) is 11.8 Å². The second-order valence-electron chi connectivity index (χ2n) is 4.12. The summed E-state index contributed by atoms with van der Waals surface area (Å²) in [7, 11) is 1.57. The second kappa shape index (κ2) is 6.09. The summed E-state index contributed by atoms with van der Waals surface area (Å²) in [6, 6.07) is 6.72. The number of rotatable bonds is 4. The lowest BCUT2D eigenvalue weighted by molar-refractivity contribution is 0.0501. The van der Waals surface area contributed by atoms with E-state index in [0.717, 1.165) is 0 Å². The third-order valence-corrected chi connectivity index (χ3v) is 4.11. The molecule has 0 unspecified atom stereocenters. The van der Waals surface area contributed by atoms with Gasteiger partial charge >= 0.3 is 5.97 Å². The van der Waals surface area contributed by atoms with Gasteiger partial charge in [0.2, 0.25) is 0 Å². The number of ether oxygens (including phenoxy) is 2. The summed E-state index contributed by atoms with van der Waals surface area (Å²) in [5.74, 6) is 0.823. The zero-order valence-electron chi connectivity index (χ0n) is 10.1. The van der Waals surface area contributed by atoms with E-state index in [1.807, 2.05) is 0 Å². The van der Waals surface area contributed by atoms with Gasteiger partial charge in [-0.3, -0.25) is 0 Å². The molecular weight excluding hydrogens is 255 g/mol. The lowest BCUT2D eigenvalue weighted by Crippen LogP contribution is -2.15. The molecule has 1 heterocycles. The molecule has 0 aliphatic carbocycles. The summed E-state index contributed by atoms with van der Waals surface area (Å²) in [6.07, 6.45) is -0.291. The van der Waals surface area contributed by atoms with Crippen LogP contribution in [0.2, 0.25) is 0 Å². The molecule has 0 amide bonds. The van der Waals surface area contributed by atoms with Crippen molar-refractivity contribution in [2.75, 3.05) is 19.5 Å². The van der Waals surface area contributed by atoms with Crippen LogP contribution in [0.25, 0.3) is 0 Å². The highest BCUT2D eigenvalue weighted by atomic mass is 32.2. The Labute approximate surface area is 110 Å². The first-order valence-electron chi connectivity index (χ1n) is 5.76. The molecule has 1 aromatic carbocycles. The molecular formula is C13H15FO3S. The summed E-state index contributed by atoms with van der Waals surface area (Å²) in [4.78, 5) is 11.7. The molecule has 2 rings (SSSR count). The molecule has 1 aliphatic heterocycles. The number of hydrogen-bond acceptors (Lipinski definition) is 4. The number of benzene rings is 1. The van der Waals surface area contributed by atoms with E-state index in [1.165, 1.54) is 11.8 Å². The van der Waals surface area contributed by atoms with Gasteiger partial charge in [0.15, 0.2) is 0 Å². The van der Waals surface area contributed by atoms with Crippen molar-refractivity contribution >= 4 is 17.7 Å². The predicted molar refractivity (Wildman–Crippen MR) is 69.0 cm³/mol. The Morgan fingerprint density at radius 3 is 2.72 bits per heavy atom. The fourth-order valence-electron chi connectivity index (χ4n) is 1.76. The smallest absolute Gasteiger partial charge is 0.338 e. The van der Waals surface area contributed by atoms with Crippen LogP contribution in [-0.2, 0) is 4.74 Å². The van der Waals surface area contributed by atoms with Crippen molar-refractivity contribution in [3.8, 4) is 5.75 Å². The van der Waals surface area contributed by atoms with Gasteiger partial charge in [0.05, 0.1) is 12.7 Å². The number of methoxy groups -OCH3 is 1. The maximum atomic E-state index is 12.9. The monoisotopic (exact) mass is 270 g/mol. The molecule has 0 radical (unpaired) electrons. The van der Waals surface area contributed by atoms with Gasteiger partial charge in [-0.15, -0.1) is 0 Å². The third-order valence-electron chi connectivity index (χ3n) is 2.76. The van der Waals surface area contributed by atoms with Gasteiger partial charge in [0.1, 0.15) is 18.5 Å². The van der Waals surface area contributed by atoms with Gasteiger partial charge in [0, 0.05) is 11.0 Å². The zero-order chi connectivity index (χ0) is 13.0. The molecule has 1 aliphatic rings. The summed E-state index contributed by atoms with van der Waals surface area (Å²) in [5.41, 5.74) is 0.482. The van der Waals surface area contributed by atoms with Crippen molar-refractivity contribution in [2.45, 2.75) is 17.8 Å². The van der Waals surface area contributed by atoms with E-state index in [9.17, 15) is 9.18 Å². The molecule has 0 saturated carbocycles. The molecule has 0 bridgehead atoms. The molecule has 0 aromatic heterocycles. The summed E-state index contributed by atoms with van der Waals surface area (Å²) >= 11 is 1.52. The first-order valence-corrected chi connectivity index (χ1v) is 6.81. The lowest BCUT2D eigenvalue weighted by atomic mass is 10.2. The van der Waals surface area contributed by atoms with Gasteiger partial charge in [0.25, 0.3) is 0 Å². The third kappa shape index (κ3) is 3.38. The Morgan fingerprint density at radius 2 is 2.17 bits per heavy atom. The molecule has 1 fully saturated rings. The van der Waals surface area contributed by atoms with Crippen LogP contribution in [0.4, 0.5) is 4.39 Å². The number of halogens is 1. The van der Waals surface area contributed by atoms with Crippen LogP contribution < -0.4 is 4.74 Å². The average molecular weight is 270 g/mol. The number of carbonyl (C=O) groups excluding carboxylic acids is 1. The van der Waals surface area contributed by atoms with E-state index in [4.69, 9.17) is 9.47 Å². The Balaban J connectivity index is 1.83. The van der Waals surface area contributed by atoms with Crippen molar-refractivity contribution in [2.24, 2.45) is 0 Å². The highest BCUT2D eigenvalue weighted by molar-refractivity contribution is 8.00. The highest BCUT2D eigenvalue weighted by Gasteiger charge is 2.26. The van der Waals surface area contributed by atoms with Crippen molar-refractivity contribution in [1.29, 1.82) is 0 Å². The first kappa shape index (κ1) is 13.2. The Morgan fingerprint density at radius 1 is 1.44 bits per heavy atom. The van der Waals surface area contributed by atoms with Crippen LogP contribution in [0.1, 0.15) is 16.8 Å². The Bertz CT molecular complexity index is 407. The van der Waals surface area contributed by atoms with Gasteiger partial charge < -0.3 is 9.47 Å². The minimum absolute atomic E-state index is 0.0854. The number of thioether (sulfide) groups is 1. The maximum Gasteiger partial charge on any atom is 0.338 e. The molecule has 1 saturated heterocycles. The van der Waals surface area contributed by atoms with Gasteiger partial charge in [-0.05, 0) is 30.7 Å². The average Bonchev–Trinajstić information content (AvgIpc) is 2.82. The second-order valence-corrected chi connectivity index (χ2v) is 5.45. The number of esters is 1. The van der Waals surface area contributed by atoms with Crippen molar-refractivity contribution in [3.63, 3.8) is 0 Å². The quantitative estimate of drug-likeness (QED) is 0.788. The SMILES string of the molecule is COc1ccc(C(=O)OC[C@@H]2C[C@H](F)CS2)cc1. The topological polar surface area (TPSA) is 35.5 Å². The molecule has 2 atom stereocenters. The fourth-order valence-corrected chi connectivity index (χ4v) is 2.88. The van der Waals surface area contributed by atoms with Crippen molar-refractivity contribution in [1.82, 2.24) is 0 Å². The van der Waals surface area contributed by atoms with Crippen LogP contribution >= 0.6 is 11.8 Å². The molecule has 98 valence electrons. The summed E-state index contributed by atoms with van der Waals surface area (Å²) < 4.78 is 23.1. The van der Waals surface area contributed by atoms with Crippen LogP contribution in [0.5, 0.6) is 5.75 Å². The highest BCUT2D eigenvalue weighted by Crippen LogP contribution is 2.29.